The molecule has 0 amide bonds. The summed E-state index contributed by atoms with van der Waals surface area (Å²) >= 11 is 0. The first-order chi connectivity index (χ1) is 9.35. The minimum atomic E-state index is -4.22. The summed E-state index contributed by atoms with van der Waals surface area (Å²) in [5.74, 6) is 0.370. The lowest BCUT2D eigenvalue weighted by atomic mass is 10.2. The SMILES string of the molecule is CCCNCc1cc(CC)nc(N(C)CC(F)(F)F)c1. The molecule has 1 heterocycles. The minimum Gasteiger partial charge on any atom is -0.351 e. The highest BCUT2D eigenvalue weighted by atomic mass is 19.4. The Kier molecular flexibility index (Phi) is 6.26. The number of hydrogen-bond donors (Lipinski definition) is 1. The van der Waals surface area contributed by atoms with Crippen LogP contribution in [0.2, 0.25) is 0 Å². The molecule has 6 heteroatoms. The number of alkyl halides is 3. The largest absolute Gasteiger partial charge is 0.405 e. The van der Waals surface area contributed by atoms with Crippen LogP contribution in [0.5, 0.6) is 0 Å². The van der Waals surface area contributed by atoms with Crippen molar-refractivity contribution in [3.05, 3.63) is 23.4 Å². The van der Waals surface area contributed by atoms with Crippen molar-refractivity contribution < 1.29 is 13.2 Å². The first-order valence-electron chi connectivity index (χ1n) is 6.84. The highest BCUT2D eigenvalue weighted by molar-refractivity contribution is 5.42. The molecular formula is C14H22F3N3. The number of anilines is 1. The first kappa shape index (κ1) is 16.8. The Morgan fingerprint density at radius 2 is 1.95 bits per heavy atom. The molecule has 0 saturated carbocycles. The number of rotatable bonds is 7. The summed E-state index contributed by atoms with van der Waals surface area (Å²) < 4.78 is 37.3. The quantitative estimate of drug-likeness (QED) is 0.782. The van der Waals surface area contributed by atoms with E-state index in [4.69, 9.17) is 0 Å². The fraction of sp³-hybridized carbons (Fsp3) is 0.643. The second-order valence-corrected chi connectivity index (χ2v) is 4.83. The summed E-state index contributed by atoms with van der Waals surface area (Å²) in [6.45, 7) is 4.56. The molecule has 1 aromatic heterocycles. The van der Waals surface area contributed by atoms with E-state index in [9.17, 15) is 13.2 Å². The second kappa shape index (κ2) is 7.47. The molecule has 0 aliphatic rings. The van der Waals surface area contributed by atoms with Crippen LogP contribution in [0.25, 0.3) is 0 Å². The van der Waals surface area contributed by atoms with Gasteiger partial charge in [0.1, 0.15) is 12.4 Å². The van der Waals surface area contributed by atoms with Crippen LogP contribution in [0.3, 0.4) is 0 Å². The lowest BCUT2D eigenvalue weighted by molar-refractivity contribution is -0.119. The van der Waals surface area contributed by atoms with Crippen molar-refractivity contribution in [1.29, 1.82) is 0 Å². The smallest absolute Gasteiger partial charge is 0.351 e. The Labute approximate surface area is 118 Å². The van der Waals surface area contributed by atoms with Gasteiger partial charge in [-0.2, -0.15) is 13.2 Å². The number of halogens is 3. The van der Waals surface area contributed by atoms with E-state index in [1.807, 2.05) is 13.0 Å². The molecule has 0 radical (unpaired) electrons. The van der Waals surface area contributed by atoms with Gasteiger partial charge in [-0.25, -0.2) is 4.98 Å². The van der Waals surface area contributed by atoms with E-state index in [2.05, 4.69) is 17.2 Å². The van der Waals surface area contributed by atoms with Gasteiger partial charge in [0.25, 0.3) is 0 Å². The van der Waals surface area contributed by atoms with Crippen LogP contribution in [0.15, 0.2) is 12.1 Å². The second-order valence-electron chi connectivity index (χ2n) is 4.83. The van der Waals surface area contributed by atoms with Crippen molar-refractivity contribution in [2.45, 2.75) is 39.4 Å². The third-order valence-electron chi connectivity index (χ3n) is 2.85. The molecule has 114 valence electrons. The third kappa shape index (κ3) is 5.77. The van der Waals surface area contributed by atoms with E-state index in [1.165, 1.54) is 7.05 Å². The van der Waals surface area contributed by atoms with Crippen molar-refractivity contribution in [2.75, 3.05) is 25.0 Å². The van der Waals surface area contributed by atoms with Gasteiger partial charge in [0.15, 0.2) is 0 Å². The minimum absolute atomic E-state index is 0.370. The lowest BCUT2D eigenvalue weighted by Crippen LogP contribution is -2.31. The molecule has 20 heavy (non-hydrogen) atoms. The lowest BCUT2D eigenvalue weighted by Gasteiger charge is -2.21. The average Bonchev–Trinajstić information content (AvgIpc) is 2.36. The van der Waals surface area contributed by atoms with E-state index < -0.39 is 12.7 Å². The number of aromatic nitrogens is 1. The Bertz CT molecular complexity index is 419. The maximum atomic E-state index is 12.4. The maximum Gasteiger partial charge on any atom is 0.405 e. The Balaban J connectivity index is 2.86. The summed E-state index contributed by atoms with van der Waals surface area (Å²) in [4.78, 5) is 5.40. The molecule has 0 aliphatic heterocycles. The molecule has 1 rings (SSSR count). The van der Waals surface area contributed by atoms with Gasteiger partial charge < -0.3 is 10.2 Å². The molecule has 1 aromatic rings. The molecule has 1 N–H and O–H groups in total. The highest BCUT2D eigenvalue weighted by Crippen LogP contribution is 2.21. The van der Waals surface area contributed by atoms with Crippen molar-refractivity contribution in [3.8, 4) is 0 Å². The summed E-state index contributed by atoms with van der Waals surface area (Å²) in [6.07, 6.45) is -2.50. The highest BCUT2D eigenvalue weighted by Gasteiger charge is 2.29. The molecule has 0 aliphatic carbocycles. The molecule has 0 unspecified atom stereocenters. The summed E-state index contributed by atoms with van der Waals surface area (Å²) in [6, 6.07) is 3.65. The number of pyridine rings is 1. The molecule has 0 saturated heterocycles. The predicted molar refractivity (Wildman–Crippen MR) is 74.9 cm³/mol. The van der Waals surface area contributed by atoms with Crippen LogP contribution in [0, 0.1) is 0 Å². The Morgan fingerprint density at radius 3 is 2.50 bits per heavy atom. The van der Waals surface area contributed by atoms with E-state index >= 15 is 0 Å². The third-order valence-corrected chi connectivity index (χ3v) is 2.85. The van der Waals surface area contributed by atoms with Crippen LogP contribution in [0.1, 0.15) is 31.5 Å². The molecule has 0 fully saturated rings. The van der Waals surface area contributed by atoms with Crippen LogP contribution >= 0.6 is 0 Å². The molecule has 3 nitrogen and oxygen atoms in total. The monoisotopic (exact) mass is 289 g/mol. The average molecular weight is 289 g/mol. The van der Waals surface area contributed by atoms with Gasteiger partial charge in [-0.1, -0.05) is 13.8 Å². The van der Waals surface area contributed by atoms with Crippen molar-refractivity contribution >= 4 is 5.82 Å². The zero-order valence-corrected chi connectivity index (χ0v) is 12.2. The normalized spacial score (nSPS) is 11.7. The molecule has 0 aromatic carbocycles. The van der Waals surface area contributed by atoms with E-state index in [0.29, 0.717) is 18.8 Å². The van der Waals surface area contributed by atoms with Gasteiger partial charge in [0.2, 0.25) is 0 Å². The van der Waals surface area contributed by atoms with Crippen LogP contribution in [-0.2, 0) is 13.0 Å². The number of aryl methyl sites for hydroxylation is 1. The van der Waals surface area contributed by atoms with Gasteiger partial charge in [0, 0.05) is 19.3 Å². The van der Waals surface area contributed by atoms with Crippen molar-refractivity contribution in [1.82, 2.24) is 10.3 Å². The maximum absolute atomic E-state index is 12.4. The fourth-order valence-electron chi connectivity index (χ4n) is 1.87. The number of nitrogens with one attached hydrogen (secondary N) is 1. The van der Waals surface area contributed by atoms with Gasteiger partial charge in [-0.15, -0.1) is 0 Å². The molecule has 0 atom stereocenters. The van der Waals surface area contributed by atoms with E-state index in [-0.39, 0.29) is 0 Å². The molecule has 0 bridgehead atoms. The van der Waals surface area contributed by atoms with Crippen LogP contribution < -0.4 is 10.2 Å². The van der Waals surface area contributed by atoms with Gasteiger partial charge in [-0.3, -0.25) is 0 Å². The Morgan fingerprint density at radius 1 is 1.25 bits per heavy atom. The van der Waals surface area contributed by atoms with Gasteiger partial charge in [0.05, 0.1) is 0 Å². The first-order valence-corrected chi connectivity index (χ1v) is 6.84. The van der Waals surface area contributed by atoms with Crippen LogP contribution in [-0.4, -0.2) is 31.3 Å². The van der Waals surface area contributed by atoms with E-state index in [0.717, 1.165) is 29.1 Å². The summed E-state index contributed by atoms with van der Waals surface area (Å²) in [5.41, 5.74) is 1.78. The summed E-state index contributed by atoms with van der Waals surface area (Å²) in [7, 11) is 1.42. The topological polar surface area (TPSA) is 28.2 Å². The Hall–Kier alpha value is -1.30. The standard InChI is InChI=1S/C14H22F3N3/c1-4-6-18-9-11-7-12(5-2)19-13(8-11)20(3)10-14(15,16)17/h7-8,18H,4-6,9-10H2,1-3H3. The predicted octanol–water partition coefficient (Wildman–Crippen LogP) is 3.14. The van der Waals surface area contributed by atoms with Gasteiger partial charge in [-0.05, 0) is 37.1 Å². The number of hydrogen-bond acceptors (Lipinski definition) is 3. The molecular weight excluding hydrogens is 267 g/mol. The van der Waals surface area contributed by atoms with Gasteiger partial charge >= 0.3 is 6.18 Å². The van der Waals surface area contributed by atoms with Crippen molar-refractivity contribution in [3.63, 3.8) is 0 Å². The molecule has 0 spiro atoms. The zero-order valence-electron chi connectivity index (χ0n) is 12.2. The summed E-state index contributed by atoms with van der Waals surface area (Å²) in [5, 5.41) is 3.25. The van der Waals surface area contributed by atoms with Crippen LogP contribution in [0.4, 0.5) is 19.0 Å². The number of nitrogens with zero attached hydrogens (tertiary/aromatic N) is 2. The fourth-order valence-corrected chi connectivity index (χ4v) is 1.87. The van der Waals surface area contributed by atoms with Crippen molar-refractivity contribution in [2.24, 2.45) is 0 Å². The zero-order chi connectivity index (χ0) is 15.2. The van der Waals surface area contributed by atoms with E-state index in [1.54, 1.807) is 6.07 Å².